The van der Waals surface area contributed by atoms with Gasteiger partial charge in [-0.2, -0.15) is 0 Å². The van der Waals surface area contributed by atoms with Crippen molar-refractivity contribution in [1.82, 2.24) is 19.5 Å². The lowest BCUT2D eigenvalue weighted by Crippen LogP contribution is -2.47. The maximum atomic E-state index is 12.3. The van der Waals surface area contributed by atoms with Crippen LogP contribution in [-0.4, -0.2) is 66.5 Å². The summed E-state index contributed by atoms with van der Waals surface area (Å²) in [6, 6.07) is 28.5. The predicted octanol–water partition coefficient (Wildman–Crippen LogP) is 8.26. The lowest BCUT2D eigenvalue weighted by Gasteiger charge is -2.40. The molecular weight excluding hydrogens is 675 g/mol. The Morgan fingerprint density at radius 3 is 2.19 bits per heavy atom. The van der Waals surface area contributed by atoms with Crippen molar-refractivity contribution in [2.75, 3.05) is 25.6 Å². The van der Waals surface area contributed by atoms with Crippen LogP contribution < -0.4 is 10.1 Å². The standard InChI is InChI=1S/C40H47N5O6Si/c1-8-23-48-38(46)44-36-35-37(42-26-41-36)45(27-43-35)34-24-32(51-52(6,7)39(2,3)4)33(50-34)25-49-40(28-15-11-9-12-16-28,29-17-13-10-14-18-29)30-19-21-31(47-5)22-20-30/h8-22,26-27,32-34H,1,23-25H2,2-7H3,(H,41,42,44,46)/t32-,33+,34+/m0/s1. The Labute approximate surface area is 306 Å². The van der Waals surface area contributed by atoms with Crippen molar-refractivity contribution in [2.24, 2.45) is 0 Å². The monoisotopic (exact) mass is 721 g/mol. The highest BCUT2D eigenvalue weighted by Gasteiger charge is 2.47. The average Bonchev–Trinajstić information content (AvgIpc) is 3.76. The van der Waals surface area contributed by atoms with E-state index in [1.165, 1.54) is 12.4 Å². The molecule has 3 heterocycles. The number of amides is 1. The van der Waals surface area contributed by atoms with E-state index in [0.29, 0.717) is 17.6 Å². The molecule has 52 heavy (non-hydrogen) atoms. The smallest absolute Gasteiger partial charge is 0.413 e. The molecule has 0 unspecified atom stereocenters. The molecule has 1 aliphatic heterocycles. The molecule has 1 saturated heterocycles. The second-order valence-corrected chi connectivity index (χ2v) is 19.0. The summed E-state index contributed by atoms with van der Waals surface area (Å²) in [5.74, 6) is 0.992. The fraction of sp³-hybridized carbons (Fsp3) is 0.350. The Kier molecular flexibility index (Phi) is 10.9. The molecule has 0 aliphatic carbocycles. The van der Waals surface area contributed by atoms with Crippen molar-refractivity contribution in [3.8, 4) is 5.75 Å². The van der Waals surface area contributed by atoms with E-state index in [4.69, 9.17) is 23.4 Å². The number of aromatic nitrogens is 4. The first-order valence-electron chi connectivity index (χ1n) is 17.4. The zero-order valence-electron chi connectivity index (χ0n) is 30.6. The van der Waals surface area contributed by atoms with E-state index in [0.717, 1.165) is 22.4 Å². The number of nitrogens with zero attached hydrogens (tertiary/aromatic N) is 4. The third-order valence-electron chi connectivity index (χ3n) is 9.98. The zero-order chi connectivity index (χ0) is 36.9. The fourth-order valence-electron chi connectivity index (χ4n) is 6.25. The van der Waals surface area contributed by atoms with E-state index < -0.39 is 32.3 Å². The van der Waals surface area contributed by atoms with Crippen LogP contribution in [0.2, 0.25) is 18.1 Å². The van der Waals surface area contributed by atoms with E-state index in [1.807, 2.05) is 53.1 Å². The number of methoxy groups -OCH3 is 1. The summed E-state index contributed by atoms with van der Waals surface area (Å²) < 4.78 is 33.8. The number of anilines is 1. The topological polar surface area (TPSA) is 119 Å². The minimum absolute atomic E-state index is 0.0346. The van der Waals surface area contributed by atoms with Crippen molar-refractivity contribution in [3.05, 3.63) is 127 Å². The van der Waals surface area contributed by atoms with Crippen LogP contribution in [0.4, 0.5) is 10.6 Å². The van der Waals surface area contributed by atoms with Crippen LogP contribution in [-0.2, 0) is 24.2 Å². The van der Waals surface area contributed by atoms with Crippen molar-refractivity contribution in [1.29, 1.82) is 0 Å². The lowest BCUT2D eigenvalue weighted by molar-refractivity contribution is -0.0914. The van der Waals surface area contributed by atoms with Gasteiger partial charge in [0.25, 0.3) is 0 Å². The number of rotatable bonds is 13. The summed E-state index contributed by atoms with van der Waals surface area (Å²) in [6.07, 6.45) is 3.18. The van der Waals surface area contributed by atoms with Crippen LogP contribution in [0.5, 0.6) is 5.75 Å². The molecule has 0 spiro atoms. The molecule has 1 aliphatic rings. The molecular formula is C40H47N5O6Si. The van der Waals surface area contributed by atoms with Crippen molar-refractivity contribution in [3.63, 3.8) is 0 Å². The van der Waals surface area contributed by atoms with Gasteiger partial charge in [0.05, 0.1) is 26.1 Å². The van der Waals surface area contributed by atoms with Gasteiger partial charge in [0.15, 0.2) is 25.3 Å². The van der Waals surface area contributed by atoms with Crippen molar-refractivity contribution < 1.29 is 28.2 Å². The summed E-state index contributed by atoms with van der Waals surface area (Å²) in [7, 11) is -0.603. The number of imidazole rings is 1. The molecule has 11 nitrogen and oxygen atoms in total. The molecule has 3 atom stereocenters. The number of hydrogen-bond acceptors (Lipinski definition) is 9. The molecule has 1 fully saturated rings. The highest BCUT2D eigenvalue weighted by Crippen LogP contribution is 2.45. The van der Waals surface area contributed by atoms with E-state index in [9.17, 15) is 4.79 Å². The first kappa shape index (κ1) is 36.9. The first-order chi connectivity index (χ1) is 25.0. The minimum Gasteiger partial charge on any atom is -0.497 e. The predicted molar refractivity (Wildman–Crippen MR) is 203 cm³/mol. The van der Waals surface area contributed by atoms with Gasteiger partial charge >= 0.3 is 6.09 Å². The second-order valence-electron chi connectivity index (χ2n) is 14.3. The highest BCUT2D eigenvalue weighted by atomic mass is 28.4. The zero-order valence-corrected chi connectivity index (χ0v) is 31.6. The van der Waals surface area contributed by atoms with Crippen molar-refractivity contribution in [2.45, 2.75) is 69.4 Å². The number of carbonyl (C=O) groups excluding carboxylic acids is 1. The number of carbonyl (C=O) groups is 1. The highest BCUT2D eigenvalue weighted by molar-refractivity contribution is 6.74. The fourth-order valence-corrected chi connectivity index (χ4v) is 7.61. The average molecular weight is 722 g/mol. The van der Waals surface area contributed by atoms with Gasteiger partial charge in [0, 0.05) is 6.42 Å². The Balaban J connectivity index is 1.38. The summed E-state index contributed by atoms with van der Waals surface area (Å²) in [5.41, 5.74) is 2.85. The summed E-state index contributed by atoms with van der Waals surface area (Å²) >= 11 is 0. The molecule has 0 saturated carbocycles. The molecule has 12 heteroatoms. The SMILES string of the molecule is C=CCOC(=O)Nc1ncnc2c1ncn2[C@H]1C[C@H](O[Si](C)(C)C(C)(C)C)[C@@H](COC(c2ccccc2)(c2ccccc2)c2ccc(OC)cc2)O1. The molecule has 6 rings (SSSR count). The molecule has 1 N–H and O–H groups in total. The molecule has 1 amide bonds. The van der Waals surface area contributed by atoms with Crippen LogP contribution in [0.3, 0.4) is 0 Å². The van der Waals surface area contributed by atoms with Gasteiger partial charge in [0.1, 0.15) is 36.6 Å². The van der Waals surface area contributed by atoms with Gasteiger partial charge in [-0.1, -0.05) is 106 Å². The summed E-state index contributed by atoms with van der Waals surface area (Å²) in [4.78, 5) is 25.7. The van der Waals surface area contributed by atoms with Gasteiger partial charge in [-0.3, -0.25) is 9.88 Å². The molecule has 0 bridgehead atoms. The Hall–Kier alpha value is -4.88. The quantitative estimate of drug-likeness (QED) is 0.0728. The Morgan fingerprint density at radius 2 is 1.60 bits per heavy atom. The normalized spacial score (nSPS) is 17.9. The van der Waals surface area contributed by atoms with Crippen LogP contribution in [0, 0.1) is 0 Å². The van der Waals surface area contributed by atoms with E-state index >= 15 is 0 Å². The van der Waals surface area contributed by atoms with E-state index in [2.05, 4.69) is 97.1 Å². The van der Waals surface area contributed by atoms with Gasteiger partial charge in [-0.25, -0.2) is 19.7 Å². The van der Waals surface area contributed by atoms with Gasteiger partial charge < -0.3 is 23.4 Å². The number of nitrogens with one attached hydrogen (secondary N) is 1. The number of hydrogen-bond donors (Lipinski definition) is 1. The first-order valence-corrected chi connectivity index (χ1v) is 20.3. The molecule has 0 radical (unpaired) electrons. The molecule has 272 valence electrons. The second kappa shape index (κ2) is 15.4. The maximum Gasteiger partial charge on any atom is 0.413 e. The number of ether oxygens (including phenoxy) is 4. The van der Waals surface area contributed by atoms with Gasteiger partial charge in [0.2, 0.25) is 0 Å². The molecule has 5 aromatic rings. The van der Waals surface area contributed by atoms with E-state index in [-0.39, 0.29) is 30.2 Å². The molecule has 2 aromatic heterocycles. The van der Waals surface area contributed by atoms with Crippen molar-refractivity contribution >= 4 is 31.4 Å². The minimum atomic E-state index is -2.26. The Bertz CT molecular complexity index is 1920. The van der Waals surface area contributed by atoms with Crippen LogP contribution >= 0.6 is 0 Å². The third kappa shape index (κ3) is 7.51. The van der Waals surface area contributed by atoms with Crippen LogP contribution in [0.1, 0.15) is 50.1 Å². The Morgan fingerprint density at radius 1 is 0.962 bits per heavy atom. The van der Waals surface area contributed by atoms with E-state index in [1.54, 1.807) is 13.4 Å². The maximum absolute atomic E-state index is 12.3. The lowest BCUT2D eigenvalue weighted by atomic mass is 9.80. The third-order valence-corrected chi connectivity index (χ3v) is 14.5. The number of fused-ring (bicyclic) bond motifs is 1. The number of benzene rings is 3. The summed E-state index contributed by atoms with van der Waals surface area (Å²) in [5, 5.41) is 2.62. The van der Waals surface area contributed by atoms with Crippen LogP contribution in [0.15, 0.2) is 110 Å². The van der Waals surface area contributed by atoms with Crippen LogP contribution in [0.25, 0.3) is 11.2 Å². The van der Waals surface area contributed by atoms with Gasteiger partial charge in [-0.15, -0.1) is 0 Å². The molecule has 3 aromatic carbocycles. The van der Waals surface area contributed by atoms with Gasteiger partial charge in [-0.05, 0) is 47.0 Å². The largest absolute Gasteiger partial charge is 0.497 e. The summed E-state index contributed by atoms with van der Waals surface area (Å²) in [6.45, 7) is 15.0.